The van der Waals surface area contributed by atoms with E-state index >= 15 is 0 Å². The van der Waals surface area contributed by atoms with Crippen LogP contribution in [0.15, 0.2) is 41.6 Å². The van der Waals surface area contributed by atoms with Gasteiger partial charge in [0.15, 0.2) is 6.10 Å². The third-order valence-corrected chi connectivity index (χ3v) is 8.31. The maximum atomic E-state index is 13.1. The van der Waals surface area contributed by atoms with Gasteiger partial charge in [-0.1, -0.05) is 17.7 Å². The lowest BCUT2D eigenvalue weighted by Gasteiger charge is -2.45. The predicted molar refractivity (Wildman–Crippen MR) is 116 cm³/mol. The van der Waals surface area contributed by atoms with E-state index in [0.717, 1.165) is 11.4 Å². The van der Waals surface area contributed by atoms with Gasteiger partial charge in [-0.25, -0.2) is 13.4 Å². The third-order valence-electron chi connectivity index (χ3n) is 6.39. The smallest absolute Gasteiger partial charge is 0.253 e. The van der Waals surface area contributed by atoms with Crippen molar-refractivity contribution in [2.45, 2.75) is 56.8 Å². The van der Waals surface area contributed by atoms with Gasteiger partial charge < -0.3 is 14.2 Å². The molecule has 1 amide bonds. The first-order valence-corrected chi connectivity index (χ1v) is 12.3. The minimum atomic E-state index is -3.57. The van der Waals surface area contributed by atoms with Crippen molar-refractivity contribution < 1.29 is 17.9 Å². The fraction of sp³-hybridized carbons (Fsp3) is 0.545. The van der Waals surface area contributed by atoms with Crippen LogP contribution in [0.4, 0.5) is 0 Å². The maximum absolute atomic E-state index is 13.1. The van der Waals surface area contributed by atoms with E-state index in [1.807, 2.05) is 43.7 Å². The van der Waals surface area contributed by atoms with Gasteiger partial charge in [-0.2, -0.15) is 4.31 Å². The number of nitrogens with zero attached hydrogens (tertiary/aromatic N) is 4. The Morgan fingerprint density at radius 2 is 1.84 bits per heavy atom. The molecule has 0 bridgehead atoms. The lowest BCUT2D eigenvalue weighted by atomic mass is 9.89. The minimum absolute atomic E-state index is 0.0292. The number of benzene rings is 1. The van der Waals surface area contributed by atoms with Crippen molar-refractivity contribution in [3.05, 3.63) is 48.0 Å². The van der Waals surface area contributed by atoms with Gasteiger partial charge in [0.25, 0.3) is 5.91 Å². The number of amides is 1. The zero-order valence-corrected chi connectivity index (χ0v) is 19.1. The Morgan fingerprint density at radius 3 is 2.45 bits per heavy atom. The number of sulfonamides is 1. The van der Waals surface area contributed by atoms with Gasteiger partial charge in [-0.3, -0.25) is 4.79 Å². The second kappa shape index (κ2) is 8.37. The van der Waals surface area contributed by atoms with E-state index in [1.54, 1.807) is 23.2 Å². The summed E-state index contributed by atoms with van der Waals surface area (Å²) >= 11 is 0. The number of rotatable bonds is 5. The number of fused-ring (bicyclic) bond motifs is 2. The second-order valence-corrected chi connectivity index (χ2v) is 10.2. The molecule has 1 saturated heterocycles. The molecule has 2 aromatic rings. The number of hydrogen-bond acceptors (Lipinski definition) is 5. The van der Waals surface area contributed by atoms with Crippen LogP contribution >= 0.6 is 0 Å². The predicted octanol–water partition coefficient (Wildman–Crippen LogP) is 2.14. The number of aryl methyl sites for hydroxylation is 1. The monoisotopic (exact) mass is 446 g/mol. The van der Waals surface area contributed by atoms with Gasteiger partial charge in [0, 0.05) is 38.6 Å². The summed E-state index contributed by atoms with van der Waals surface area (Å²) in [4.78, 5) is 19.6. The SMILES string of the molecule is CCN(CC)C(=O)[C@H]1Cn2ccnc2C2(CCN(S(=O)(=O)c3ccc(C)cc3)CC2)O1. The molecule has 1 aromatic carbocycles. The van der Waals surface area contributed by atoms with Crippen LogP contribution in [0.25, 0.3) is 0 Å². The van der Waals surface area contributed by atoms with E-state index in [0.29, 0.717) is 50.5 Å². The molecule has 0 radical (unpaired) electrons. The van der Waals surface area contributed by atoms with E-state index in [4.69, 9.17) is 4.74 Å². The van der Waals surface area contributed by atoms with Crippen molar-refractivity contribution in [1.82, 2.24) is 18.8 Å². The second-order valence-electron chi connectivity index (χ2n) is 8.23. The number of carbonyl (C=O) groups is 1. The fourth-order valence-corrected chi connectivity index (χ4v) is 5.99. The first-order valence-electron chi connectivity index (χ1n) is 10.9. The Hall–Kier alpha value is -2.23. The summed E-state index contributed by atoms with van der Waals surface area (Å²) in [6.45, 7) is 8.15. The molecule has 9 heteroatoms. The topological polar surface area (TPSA) is 84.7 Å². The summed E-state index contributed by atoms with van der Waals surface area (Å²) in [5, 5.41) is 0. The molecule has 1 spiro atoms. The third kappa shape index (κ3) is 3.90. The van der Waals surface area contributed by atoms with Crippen LogP contribution in [0.3, 0.4) is 0 Å². The number of imidazole rings is 1. The lowest BCUT2D eigenvalue weighted by Crippen LogP contribution is -2.55. The Morgan fingerprint density at radius 1 is 1.19 bits per heavy atom. The maximum Gasteiger partial charge on any atom is 0.253 e. The molecule has 3 heterocycles. The first-order chi connectivity index (χ1) is 14.8. The van der Waals surface area contributed by atoms with Gasteiger partial charge in [0.05, 0.1) is 11.4 Å². The van der Waals surface area contributed by atoms with Crippen LogP contribution < -0.4 is 0 Å². The lowest BCUT2D eigenvalue weighted by molar-refractivity contribution is -0.178. The summed E-state index contributed by atoms with van der Waals surface area (Å²) in [6, 6.07) is 6.92. The average Bonchev–Trinajstić information content (AvgIpc) is 3.25. The molecule has 0 aliphatic carbocycles. The highest BCUT2D eigenvalue weighted by atomic mass is 32.2. The van der Waals surface area contributed by atoms with Gasteiger partial charge in [0.1, 0.15) is 11.4 Å². The quantitative estimate of drug-likeness (QED) is 0.703. The van der Waals surface area contributed by atoms with Crippen molar-refractivity contribution in [2.24, 2.45) is 0 Å². The Balaban J connectivity index is 1.56. The summed E-state index contributed by atoms with van der Waals surface area (Å²) in [5.74, 6) is 0.752. The highest BCUT2D eigenvalue weighted by Crippen LogP contribution is 2.41. The zero-order valence-electron chi connectivity index (χ0n) is 18.3. The van der Waals surface area contributed by atoms with E-state index < -0.39 is 21.7 Å². The molecule has 1 atom stereocenters. The molecule has 0 unspecified atom stereocenters. The van der Waals surface area contributed by atoms with E-state index in [-0.39, 0.29) is 5.91 Å². The van der Waals surface area contributed by atoms with Crippen molar-refractivity contribution in [1.29, 1.82) is 0 Å². The van der Waals surface area contributed by atoms with Crippen molar-refractivity contribution in [3.8, 4) is 0 Å². The summed E-state index contributed by atoms with van der Waals surface area (Å²) in [6.07, 6.45) is 3.91. The van der Waals surface area contributed by atoms with Crippen molar-refractivity contribution in [3.63, 3.8) is 0 Å². The number of ether oxygens (including phenoxy) is 1. The number of piperidine rings is 1. The van der Waals surface area contributed by atoms with Crippen molar-refractivity contribution in [2.75, 3.05) is 26.2 Å². The molecule has 8 nitrogen and oxygen atoms in total. The van der Waals surface area contributed by atoms with E-state index in [9.17, 15) is 13.2 Å². The molecule has 0 saturated carbocycles. The minimum Gasteiger partial charge on any atom is -0.352 e. The number of likely N-dealkylation sites (N-methyl/N-ethyl adjacent to an activating group) is 1. The molecule has 1 fully saturated rings. The van der Waals surface area contributed by atoms with Crippen LogP contribution in [-0.4, -0.2) is 65.4 Å². The van der Waals surface area contributed by atoms with E-state index in [1.165, 1.54) is 4.31 Å². The van der Waals surface area contributed by atoms with Gasteiger partial charge in [0.2, 0.25) is 10.0 Å². The highest BCUT2D eigenvalue weighted by molar-refractivity contribution is 7.89. The number of aromatic nitrogens is 2. The first kappa shape index (κ1) is 22.0. The molecule has 31 heavy (non-hydrogen) atoms. The molecule has 168 valence electrons. The van der Waals surface area contributed by atoms with E-state index in [2.05, 4.69) is 4.98 Å². The number of hydrogen-bond donors (Lipinski definition) is 0. The van der Waals surface area contributed by atoms with Gasteiger partial charge in [-0.05, 0) is 45.7 Å². The summed E-state index contributed by atoms with van der Waals surface area (Å²) < 4.78 is 36.1. The van der Waals surface area contributed by atoms with Crippen LogP contribution in [-0.2, 0) is 31.7 Å². The number of carbonyl (C=O) groups excluding carboxylic acids is 1. The molecule has 2 aliphatic rings. The van der Waals surface area contributed by atoms with Crippen LogP contribution in [0.5, 0.6) is 0 Å². The van der Waals surface area contributed by atoms with Gasteiger partial charge >= 0.3 is 0 Å². The van der Waals surface area contributed by atoms with Crippen LogP contribution in [0, 0.1) is 6.92 Å². The molecule has 4 rings (SSSR count). The standard InChI is InChI=1S/C22H30N4O4S/c1-4-24(5-2)20(27)19-16-25-15-12-23-21(25)22(30-19)10-13-26(14-11-22)31(28,29)18-8-6-17(3)7-9-18/h6-9,12,15,19H,4-5,10-11,13-14,16H2,1-3H3/t19-/m1/s1. The molecule has 0 N–H and O–H groups in total. The average molecular weight is 447 g/mol. The Bertz CT molecular complexity index is 1040. The molecular weight excluding hydrogens is 416 g/mol. The summed E-state index contributed by atoms with van der Waals surface area (Å²) in [7, 11) is -3.57. The molecule has 2 aliphatic heterocycles. The normalized spacial score (nSPS) is 21.1. The summed E-state index contributed by atoms with van der Waals surface area (Å²) in [5.41, 5.74) is 0.261. The van der Waals surface area contributed by atoms with Crippen LogP contribution in [0.1, 0.15) is 38.1 Å². The molecular formula is C22H30N4O4S. The Labute approximate surface area is 183 Å². The zero-order chi connectivity index (χ0) is 22.2. The Kier molecular flexibility index (Phi) is 5.93. The molecule has 1 aromatic heterocycles. The van der Waals surface area contributed by atoms with Crippen molar-refractivity contribution >= 4 is 15.9 Å². The fourth-order valence-electron chi connectivity index (χ4n) is 4.55. The van der Waals surface area contributed by atoms with Gasteiger partial charge in [-0.15, -0.1) is 0 Å². The largest absolute Gasteiger partial charge is 0.352 e. The van der Waals surface area contributed by atoms with Crippen LogP contribution in [0.2, 0.25) is 0 Å². The highest BCUT2D eigenvalue weighted by Gasteiger charge is 2.49.